The van der Waals surface area contributed by atoms with Crippen molar-refractivity contribution in [3.8, 4) is 5.75 Å². The summed E-state index contributed by atoms with van der Waals surface area (Å²) < 4.78 is 5.29. The van der Waals surface area contributed by atoms with Crippen LogP contribution in [0.4, 0.5) is 5.69 Å². The zero-order valence-electron chi connectivity index (χ0n) is 15.6. The Bertz CT molecular complexity index is 818. The lowest BCUT2D eigenvalue weighted by atomic mass is 9.47. The minimum Gasteiger partial charge on any atom is -0.506 e. The van der Waals surface area contributed by atoms with Gasteiger partial charge in [0.15, 0.2) is 6.04 Å². The lowest BCUT2D eigenvalue weighted by Crippen LogP contribution is -2.53. The first-order valence-corrected chi connectivity index (χ1v) is 10.4. The van der Waals surface area contributed by atoms with E-state index in [-0.39, 0.29) is 32.9 Å². The summed E-state index contributed by atoms with van der Waals surface area (Å²) >= 11 is 3.14. The minimum absolute atomic E-state index is 0.136. The zero-order chi connectivity index (χ0) is 20.1. The van der Waals surface area contributed by atoms with E-state index >= 15 is 0 Å². The highest BCUT2D eigenvalue weighted by Gasteiger charge is 2.56. The van der Waals surface area contributed by atoms with Crippen molar-refractivity contribution in [2.24, 2.45) is 28.2 Å². The molecule has 1 atom stereocenters. The number of carbonyl (C=O) groups is 1. The van der Waals surface area contributed by atoms with Gasteiger partial charge in [-0.2, -0.15) is 0 Å². The monoisotopic (exact) mass is 450 g/mol. The molecule has 7 nitrogen and oxygen atoms in total. The number of phenols is 1. The Kier molecular flexibility index (Phi) is 4.93. The van der Waals surface area contributed by atoms with E-state index in [0.29, 0.717) is 17.8 Å². The maximum Gasteiger partial charge on any atom is 0.331 e. The fraction of sp³-hybridized carbons (Fsp3) is 0.600. The average molecular weight is 451 g/mol. The van der Waals surface area contributed by atoms with Gasteiger partial charge in [0.05, 0.1) is 16.5 Å². The van der Waals surface area contributed by atoms with Gasteiger partial charge in [0.2, 0.25) is 0 Å². The van der Waals surface area contributed by atoms with E-state index in [2.05, 4.69) is 20.9 Å². The zero-order valence-corrected chi connectivity index (χ0v) is 17.2. The molecule has 0 aliphatic heterocycles. The van der Waals surface area contributed by atoms with Gasteiger partial charge >= 0.3 is 5.97 Å². The quantitative estimate of drug-likeness (QED) is 0.312. The van der Waals surface area contributed by atoms with Crippen LogP contribution >= 0.6 is 15.9 Å². The van der Waals surface area contributed by atoms with Crippen molar-refractivity contribution in [1.82, 2.24) is 0 Å². The minimum atomic E-state index is -0.650. The summed E-state index contributed by atoms with van der Waals surface area (Å²) in [7, 11) is 1.37. The maximum atomic E-state index is 12.7. The standard InChI is InChI=1S/C20H23BrN2O5/c1-28-19(25)18(20-7-11-2-12(8-20)4-13(3-11)9-20)22-10-14-5-15(23(26)27)6-16(21)17(14)24/h5-6,10-13,18,24H,2-4,7-9H2,1H3/t11?,12?,13?,18-,20?/m0/s1. The number of nitrogens with zero attached hydrogens (tertiary/aromatic N) is 2. The van der Waals surface area contributed by atoms with Gasteiger partial charge in [-0.3, -0.25) is 15.1 Å². The molecule has 0 aromatic heterocycles. The molecule has 1 aromatic rings. The van der Waals surface area contributed by atoms with Gasteiger partial charge in [0.1, 0.15) is 5.75 Å². The highest BCUT2D eigenvalue weighted by Crippen LogP contribution is 2.62. The van der Waals surface area contributed by atoms with Crippen LogP contribution < -0.4 is 0 Å². The summed E-state index contributed by atoms with van der Waals surface area (Å²) in [5, 5.41) is 21.4. The number of benzene rings is 1. The number of phenolic OH excluding ortho intramolecular Hbond substituents is 1. The van der Waals surface area contributed by atoms with Gasteiger partial charge in [0.25, 0.3) is 5.69 Å². The molecule has 4 fully saturated rings. The topological polar surface area (TPSA) is 102 Å². The first-order chi connectivity index (χ1) is 13.3. The summed E-state index contributed by atoms with van der Waals surface area (Å²) in [5.74, 6) is 1.43. The second-order valence-corrected chi connectivity index (χ2v) is 9.46. The van der Waals surface area contributed by atoms with Gasteiger partial charge in [-0.1, -0.05) is 0 Å². The lowest BCUT2D eigenvalue weighted by Gasteiger charge is -2.58. The molecular weight excluding hydrogens is 428 g/mol. The molecule has 28 heavy (non-hydrogen) atoms. The SMILES string of the molecule is COC(=O)[C@H](N=Cc1cc([N+](=O)[O-])cc(Br)c1O)C12CC3CC(CC(C3)C1)C2. The molecule has 4 bridgehead atoms. The Morgan fingerprint density at radius 2 is 1.89 bits per heavy atom. The number of nitro benzene ring substituents is 1. The van der Waals surface area contributed by atoms with Crippen molar-refractivity contribution >= 4 is 33.8 Å². The molecule has 4 saturated carbocycles. The number of aliphatic imine (C=N–C) groups is 1. The van der Waals surface area contributed by atoms with Crippen molar-refractivity contribution in [1.29, 1.82) is 0 Å². The van der Waals surface area contributed by atoms with Crippen LogP contribution in [0.15, 0.2) is 21.6 Å². The van der Waals surface area contributed by atoms with E-state index in [9.17, 15) is 20.0 Å². The third kappa shape index (κ3) is 3.32. The number of hydrogen-bond donors (Lipinski definition) is 1. The molecule has 0 radical (unpaired) electrons. The fourth-order valence-corrected chi connectivity index (χ4v) is 6.52. The average Bonchev–Trinajstić information content (AvgIpc) is 2.63. The van der Waals surface area contributed by atoms with Crippen LogP contribution in [0.2, 0.25) is 0 Å². The molecule has 8 heteroatoms. The van der Waals surface area contributed by atoms with Crippen LogP contribution in [0.25, 0.3) is 0 Å². The highest BCUT2D eigenvalue weighted by atomic mass is 79.9. The normalized spacial score (nSPS) is 31.9. The Morgan fingerprint density at radius 1 is 1.32 bits per heavy atom. The number of rotatable bonds is 5. The number of hydrogen-bond acceptors (Lipinski definition) is 6. The molecule has 0 heterocycles. The van der Waals surface area contributed by atoms with Crippen molar-refractivity contribution < 1.29 is 19.6 Å². The number of non-ortho nitro benzene ring substituents is 1. The summed E-state index contributed by atoms with van der Waals surface area (Å²) in [6, 6.07) is 1.85. The predicted octanol–water partition coefficient (Wildman–Crippen LogP) is 4.24. The van der Waals surface area contributed by atoms with Gasteiger partial charge in [-0.25, -0.2) is 4.79 Å². The number of methoxy groups -OCH3 is 1. The van der Waals surface area contributed by atoms with Crippen molar-refractivity contribution in [3.05, 3.63) is 32.3 Å². The van der Waals surface area contributed by atoms with Gasteiger partial charge < -0.3 is 9.84 Å². The van der Waals surface area contributed by atoms with E-state index < -0.39 is 11.0 Å². The summed E-state index contributed by atoms with van der Waals surface area (Å²) in [6.07, 6.45) is 8.04. The van der Waals surface area contributed by atoms with E-state index in [4.69, 9.17) is 4.74 Å². The van der Waals surface area contributed by atoms with E-state index in [1.54, 1.807) is 0 Å². The van der Waals surface area contributed by atoms with Gasteiger partial charge in [-0.15, -0.1) is 0 Å². The van der Waals surface area contributed by atoms with E-state index in [1.807, 2.05) is 0 Å². The number of ether oxygens (including phenoxy) is 1. The summed E-state index contributed by atoms with van der Waals surface area (Å²) in [4.78, 5) is 27.8. The Hall–Kier alpha value is -1.96. The highest BCUT2D eigenvalue weighted by molar-refractivity contribution is 9.10. The second-order valence-electron chi connectivity index (χ2n) is 8.61. The maximum absolute atomic E-state index is 12.7. The van der Waals surface area contributed by atoms with Crippen LogP contribution in [-0.2, 0) is 9.53 Å². The van der Waals surface area contributed by atoms with Crippen molar-refractivity contribution in [2.45, 2.75) is 44.6 Å². The predicted molar refractivity (Wildman–Crippen MR) is 106 cm³/mol. The Morgan fingerprint density at radius 3 is 2.39 bits per heavy atom. The number of halogens is 1. The molecule has 150 valence electrons. The second kappa shape index (κ2) is 7.13. The molecule has 4 aliphatic rings. The lowest BCUT2D eigenvalue weighted by molar-refractivity contribution is -0.385. The number of nitro groups is 1. The Labute approximate surface area is 171 Å². The first-order valence-electron chi connectivity index (χ1n) is 9.59. The van der Waals surface area contributed by atoms with Crippen molar-refractivity contribution in [2.75, 3.05) is 7.11 Å². The molecule has 1 aromatic carbocycles. The number of carbonyl (C=O) groups excluding carboxylic acids is 1. The molecule has 0 saturated heterocycles. The third-order valence-corrected chi connectivity index (χ3v) is 7.35. The summed E-state index contributed by atoms with van der Waals surface area (Å²) in [5.41, 5.74) is -0.151. The van der Waals surface area contributed by atoms with Crippen LogP contribution in [0.5, 0.6) is 5.75 Å². The largest absolute Gasteiger partial charge is 0.506 e. The van der Waals surface area contributed by atoms with Crippen LogP contribution in [0.1, 0.15) is 44.1 Å². The van der Waals surface area contributed by atoms with Gasteiger partial charge in [-0.05, 0) is 72.2 Å². The van der Waals surface area contributed by atoms with Crippen LogP contribution in [0, 0.1) is 33.3 Å². The smallest absolute Gasteiger partial charge is 0.331 e. The van der Waals surface area contributed by atoms with Crippen LogP contribution in [-0.4, -0.2) is 35.4 Å². The molecular formula is C20H23BrN2O5. The molecule has 5 rings (SSSR count). The number of aromatic hydroxyl groups is 1. The molecule has 1 N–H and O–H groups in total. The van der Waals surface area contributed by atoms with Crippen molar-refractivity contribution in [3.63, 3.8) is 0 Å². The van der Waals surface area contributed by atoms with E-state index in [1.165, 1.54) is 44.7 Å². The molecule has 0 spiro atoms. The van der Waals surface area contributed by atoms with E-state index in [0.717, 1.165) is 19.3 Å². The first kappa shape index (κ1) is 19.4. The molecule has 4 aliphatic carbocycles. The third-order valence-electron chi connectivity index (χ3n) is 6.74. The molecule has 0 unspecified atom stereocenters. The Balaban J connectivity index is 1.69. The summed E-state index contributed by atoms with van der Waals surface area (Å²) in [6.45, 7) is 0. The number of esters is 1. The molecule has 0 amide bonds. The van der Waals surface area contributed by atoms with Crippen LogP contribution in [0.3, 0.4) is 0 Å². The fourth-order valence-electron chi connectivity index (χ4n) is 6.06. The van der Waals surface area contributed by atoms with Gasteiger partial charge in [0, 0.05) is 29.3 Å².